The Hall–Kier alpha value is -0.970. The average molecular weight is 196 g/mol. The lowest BCUT2D eigenvalue weighted by molar-refractivity contribution is -0.0258. The Kier molecular flexibility index (Phi) is 2.26. The summed E-state index contributed by atoms with van der Waals surface area (Å²) in [7, 11) is 1.71. The number of nitrogens with zero attached hydrogens (tertiary/aromatic N) is 4. The van der Waals surface area contributed by atoms with Crippen LogP contribution in [-0.4, -0.2) is 25.3 Å². The van der Waals surface area contributed by atoms with E-state index >= 15 is 0 Å². The van der Waals surface area contributed by atoms with Crippen LogP contribution in [0.4, 0.5) is 0 Å². The van der Waals surface area contributed by atoms with Crippen molar-refractivity contribution in [3.63, 3.8) is 0 Å². The van der Waals surface area contributed by atoms with E-state index in [-0.39, 0.29) is 0 Å². The van der Waals surface area contributed by atoms with Crippen molar-refractivity contribution < 1.29 is 5.11 Å². The van der Waals surface area contributed by atoms with Gasteiger partial charge in [0.25, 0.3) is 0 Å². The fourth-order valence-electron chi connectivity index (χ4n) is 2.20. The minimum Gasteiger partial charge on any atom is -0.382 e. The van der Waals surface area contributed by atoms with E-state index in [0.29, 0.717) is 11.7 Å². The molecule has 2 rings (SSSR count). The summed E-state index contributed by atoms with van der Waals surface area (Å²) in [5.74, 6) is 1.02. The van der Waals surface area contributed by atoms with Crippen molar-refractivity contribution in [2.75, 3.05) is 0 Å². The summed E-state index contributed by atoms with van der Waals surface area (Å²) in [5.41, 5.74) is -0.841. The average Bonchev–Trinajstić information content (AvgIpc) is 2.52. The van der Waals surface area contributed by atoms with Crippen LogP contribution >= 0.6 is 0 Å². The van der Waals surface area contributed by atoms with Gasteiger partial charge in [0, 0.05) is 0 Å². The number of aryl methyl sites for hydroxylation is 1. The first-order valence-corrected chi connectivity index (χ1v) is 5.07. The largest absolute Gasteiger partial charge is 0.382 e. The quantitative estimate of drug-likeness (QED) is 0.714. The molecule has 1 aliphatic rings. The predicted octanol–water partition coefficient (Wildman–Crippen LogP) is 0.608. The fraction of sp³-hybridized carbons (Fsp3) is 0.889. The molecule has 2 atom stereocenters. The number of aromatic nitrogens is 4. The minimum atomic E-state index is -0.841. The van der Waals surface area contributed by atoms with Crippen molar-refractivity contribution in [2.24, 2.45) is 13.0 Å². The van der Waals surface area contributed by atoms with Crippen LogP contribution < -0.4 is 0 Å². The van der Waals surface area contributed by atoms with Gasteiger partial charge in [0.05, 0.1) is 7.05 Å². The SMILES string of the molecule is CC1CCCC(O)(c2nnn(C)n2)C1. The molecule has 0 spiro atoms. The van der Waals surface area contributed by atoms with Crippen molar-refractivity contribution in [3.05, 3.63) is 5.82 Å². The number of hydrogen-bond donors (Lipinski definition) is 1. The van der Waals surface area contributed by atoms with Gasteiger partial charge in [-0.3, -0.25) is 0 Å². The van der Waals surface area contributed by atoms with Gasteiger partial charge in [-0.2, -0.15) is 4.80 Å². The van der Waals surface area contributed by atoms with Gasteiger partial charge in [-0.25, -0.2) is 0 Å². The van der Waals surface area contributed by atoms with E-state index in [0.717, 1.165) is 19.3 Å². The lowest BCUT2D eigenvalue weighted by atomic mass is 9.78. The molecule has 1 aliphatic carbocycles. The summed E-state index contributed by atoms with van der Waals surface area (Å²) in [6.07, 6.45) is 3.72. The Morgan fingerprint density at radius 2 is 2.36 bits per heavy atom. The highest BCUT2D eigenvalue weighted by Gasteiger charge is 2.38. The first kappa shape index (κ1) is 9.58. The third-order valence-electron chi connectivity index (χ3n) is 2.90. The Morgan fingerprint density at radius 3 is 2.93 bits per heavy atom. The molecule has 5 nitrogen and oxygen atoms in total. The van der Waals surface area contributed by atoms with Gasteiger partial charge in [-0.15, -0.1) is 10.2 Å². The molecule has 1 fully saturated rings. The third-order valence-corrected chi connectivity index (χ3v) is 2.90. The second-order valence-corrected chi connectivity index (χ2v) is 4.34. The second kappa shape index (κ2) is 3.31. The summed E-state index contributed by atoms with van der Waals surface area (Å²) < 4.78 is 0. The first-order valence-electron chi connectivity index (χ1n) is 5.07. The molecule has 1 saturated carbocycles. The van der Waals surface area contributed by atoms with E-state index < -0.39 is 5.60 Å². The molecule has 0 aromatic carbocycles. The van der Waals surface area contributed by atoms with E-state index in [4.69, 9.17) is 0 Å². The molecule has 1 N–H and O–H groups in total. The first-order chi connectivity index (χ1) is 6.60. The molecule has 5 heteroatoms. The van der Waals surface area contributed by atoms with Crippen molar-refractivity contribution in [2.45, 2.75) is 38.2 Å². The van der Waals surface area contributed by atoms with E-state index in [1.165, 1.54) is 11.2 Å². The maximum absolute atomic E-state index is 10.3. The Labute approximate surface area is 83.1 Å². The predicted molar refractivity (Wildman–Crippen MR) is 50.3 cm³/mol. The van der Waals surface area contributed by atoms with Crippen LogP contribution in [0.3, 0.4) is 0 Å². The molecule has 0 amide bonds. The van der Waals surface area contributed by atoms with Crippen molar-refractivity contribution in [3.8, 4) is 0 Å². The lowest BCUT2D eigenvalue weighted by Crippen LogP contribution is -2.33. The Bertz CT molecular complexity index is 324. The van der Waals surface area contributed by atoms with Crippen LogP contribution in [0.25, 0.3) is 0 Å². The maximum Gasteiger partial charge on any atom is 0.206 e. The zero-order valence-electron chi connectivity index (χ0n) is 8.64. The van der Waals surface area contributed by atoms with Gasteiger partial charge in [0.1, 0.15) is 5.60 Å². The molecule has 0 aliphatic heterocycles. The van der Waals surface area contributed by atoms with E-state index in [1.54, 1.807) is 7.05 Å². The smallest absolute Gasteiger partial charge is 0.206 e. The zero-order valence-corrected chi connectivity index (χ0v) is 8.64. The highest BCUT2D eigenvalue weighted by molar-refractivity contribution is 5.00. The molecule has 1 aromatic heterocycles. The maximum atomic E-state index is 10.3. The van der Waals surface area contributed by atoms with Crippen LogP contribution in [0.15, 0.2) is 0 Å². The molecule has 2 unspecified atom stereocenters. The summed E-state index contributed by atoms with van der Waals surface area (Å²) in [6.45, 7) is 2.15. The van der Waals surface area contributed by atoms with Gasteiger partial charge in [-0.1, -0.05) is 13.3 Å². The molecular weight excluding hydrogens is 180 g/mol. The van der Waals surface area contributed by atoms with Crippen LogP contribution in [0, 0.1) is 5.92 Å². The lowest BCUT2D eigenvalue weighted by Gasteiger charge is -2.32. The zero-order chi connectivity index (χ0) is 10.2. The van der Waals surface area contributed by atoms with Gasteiger partial charge in [0.2, 0.25) is 5.82 Å². The van der Waals surface area contributed by atoms with Crippen molar-refractivity contribution in [1.82, 2.24) is 20.2 Å². The number of tetrazole rings is 1. The van der Waals surface area contributed by atoms with Crippen LogP contribution in [-0.2, 0) is 12.6 Å². The van der Waals surface area contributed by atoms with Crippen molar-refractivity contribution in [1.29, 1.82) is 0 Å². The fourth-order valence-corrected chi connectivity index (χ4v) is 2.20. The molecule has 1 heterocycles. The van der Waals surface area contributed by atoms with Gasteiger partial charge >= 0.3 is 0 Å². The van der Waals surface area contributed by atoms with Crippen LogP contribution in [0.1, 0.15) is 38.4 Å². The molecule has 14 heavy (non-hydrogen) atoms. The second-order valence-electron chi connectivity index (χ2n) is 4.34. The normalized spacial score (nSPS) is 33.2. The van der Waals surface area contributed by atoms with E-state index in [1.807, 2.05) is 0 Å². The van der Waals surface area contributed by atoms with E-state index in [2.05, 4.69) is 22.3 Å². The molecular formula is C9H16N4O. The molecule has 0 saturated heterocycles. The Morgan fingerprint density at radius 1 is 1.57 bits per heavy atom. The Balaban J connectivity index is 2.22. The summed E-state index contributed by atoms with van der Waals surface area (Å²) in [5, 5.41) is 22.1. The molecule has 0 bridgehead atoms. The summed E-state index contributed by atoms with van der Waals surface area (Å²) in [4.78, 5) is 1.40. The minimum absolute atomic E-state index is 0.478. The van der Waals surface area contributed by atoms with Crippen LogP contribution in [0.5, 0.6) is 0 Å². The number of hydrogen-bond acceptors (Lipinski definition) is 4. The topological polar surface area (TPSA) is 63.8 Å². The molecule has 0 radical (unpaired) electrons. The monoisotopic (exact) mass is 196 g/mol. The van der Waals surface area contributed by atoms with E-state index in [9.17, 15) is 5.11 Å². The molecule has 1 aromatic rings. The van der Waals surface area contributed by atoms with Gasteiger partial charge in [-0.05, 0) is 30.4 Å². The third kappa shape index (κ3) is 1.64. The summed E-state index contributed by atoms with van der Waals surface area (Å²) in [6, 6.07) is 0. The molecule has 78 valence electrons. The van der Waals surface area contributed by atoms with Crippen molar-refractivity contribution >= 4 is 0 Å². The highest BCUT2D eigenvalue weighted by atomic mass is 16.3. The van der Waals surface area contributed by atoms with Crippen LogP contribution in [0.2, 0.25) is 0 Å². The number of aliphatic hydroxyl groups is 1. The summed E-state index contributed by atoms with van der Waals surface area (Å²) >= 11 is 0. The van der Waals surface area contributed by atoms with Gasteiger partial charge in [0.15, 0.2) is 0 Å². The highest BCUT2D eigenvalue weighted by Crippen LogP contribution is 2.37. The van der Waals surface area contributed by atoms with Gasteiger partial charge < -0.3 is 5.11 Å². The number of rotatable bonds is 1. The standard InChI is InChI=1S/C9H16N4O/c1-7-4-3-5-9(14,6-7)8-10-12-13(2)11-8/h7,14H,3-6H2,1-2H3.